The Kier molecular flexibility index (Phi) is 4.73. The summed E-state index contributed by atoms with van der Waals surface area (Å²) in [6, 6.07) is 13.2. The summed E-state index contributed by atoms with van der Waals surface area (Å²) >= 11 is 0. The number of carbonyl (C=O) groups excluding carboxylic acids is 2. The van der Waals surface area contributed by atoms with Crippen LogP contribution in [0.3, 0.4) is 0 Å². The van der Waals surface area contributed by atoms with Gasteiger partial charge in [-0.25, -0.2) is 9.29 Å². The Labute approximate surface area is 163 Å². The van der Waals surface area contributed by atoms with E-state index in [2.05, 4.69) is 4.90 Å². The molecule has 144 valence electrons. The van der Waals surface area contributed by atoms with Crippen LogP contribution in [0.4, 0.5) is 10.1 Å². The number of halogens is 1. The number of likely N-dealkylation sites (N-methyl/N-ethyl adjacent to an activating group) is 1. The van der Waals surface area contributed by atoms with Crippen LogP contribution < -0.4 is 4.90 Å². The number of amides is 2. The smallest absolute Gasteiger partial charge is 0.282 e. The maximum atomic E-state index is 13.8. The summed E-state index contributed by atoms with van der Waals surface area (Å²) in [5.74, 6) is -1.29. The van der Waals surface area contributed by atoms with Crippen molar-refractivity contribution in [3.8, 4) is 0 Å². The maximum Gasteiger partial charge on any atom is 0.282 e. The van der Waals surface area contributed by atoms with E-state index < -0.39 is 17.6 Å². The molecule has 0 aliphatic carbocycles. The summed E-state index contributed by atoms with van der Waals surface area (Å²) in [6.07, 6.45) is 0. The fourth-order valence-corrected chi connectivity index (χ4v) is 3.67. The highest BCUT2D eigenvalue weighted by atomic mass is 19.1. The van der Waals surface area contributed by atoms with E-state index in [1.54, 1.807) is 6.07 Å². The van der Waals surface area contributed by atoms with Gasteiger partial charge in [-0.15, -0.1) is 0 Å². The van der Waals surface area contributed by atoms with Crippen molar-refractivity contribution < 1.29 is 14.0 Å². The first kappa shape index (κ1) is 18.4. The standard InChI is InChI=1S/C22H22FN3O2/c1-15-6-8-16(9-7-15)19-20(25-12-10-24(2)11-13-25)22(28)26(21(19)27)18-5-3-4-17(23)14-18/h3-9,14H,10-13H2,1-2H3. The van der Waals surface area contributed by atoms with Gasteiger partial charge in [0, 0.05) is 26.2 Å². The van der Waals surface area contributed by atoms with Gasteiger partial charge in [-0.1, -0.05) is 35.9 Å². The highest BCUT2D eigenvalue weighted by molar-refractivity contribution is 6.45. The van der Waals surface area contributed by atoms with Gasteiger partial charge in [0.1, 0.15) is 11.5 Å². The molecule has 2 aromatic rings. The number of hydrogen-bond acceptors (Lipinski definition) is 4. The fourth-order valence-electron chi connectivity index (χ4n) is 3.67. The Balaban J connectivity index is 1.81. The molecule has 2 aliphatic rings. The zero-order chi connectivity index (χ0) is 19.8. The molecule has 0 saturated carbocycles. The lowest BCUT2D eigenvalue weighted by atomic mass is 10.0. The third-order valence-electron chi connectivity index (χ3n) is 5.29. The highest BCUT2D eigenvalue weighted by Crippen LogP contribution is 2.35. The van der Waals surface area contributed by atoms with Crippen molar-refractivity contribution in [1.29, 1.82) is 0 Å². The SMILES string of the molecule is Cc1ccc(C2=C(N3CCN(C)CC3)C(=O)N(c3cccc(F)c3)C2=O)cc1. The summed E-state index contributed by atoms with van der Waals surface area (Å²) in [4.78, 5) is 31.9. The molecule has 4 rings (SSSR count). The average molecular weight is 379 g/mol. The first-order valence-electron chi connectivity index (χ1n) is 9.35. The topological polar surface area (TPSA) is 43.9 Å². The van der Waals surface area contributed by atoms with Crippen LogP contribution in [0.2, 0.25) is 0 Å². The number of piperazine rings is 1. The Bertz CT molecular complexity index is 960. The lowest BCUT2D eigenvalue weighted by molar-refractivity contribution is -0.120. The molecule has 0 unspecified atom stereocenters. The maximum absolute atomic E-state index is 13.8. The average Bonchev–Trinajstić information content (AvgIpc) is 2.93. The van der Waals surface area contributed by atoms with E-state index >= 15 is 0 Å². The number of nitrogens with zero attached hydrogens (tertiary/aromatic N) is 3. The van der Waals surface area contributed by atoms with Crippen LogP contribution in [0.5, 0.6) is 0 Å². The monoisotopic (exact) mass is 379 g/mol. The minimum absolute atomic E-state index is 0.253. The molecule has 1 saturated heterocycles. The molecule has 1 fully saturated rings. The Hall–Kier alpha value is -2.99. The van der Waals surface area contributed by atoms with Crippen molar-refractivity contribution in [3.05, 3.63) is 71.2 Å². The van der Waals surface area contributed by atoms with Gasteiger partial charge in [0.15, 0.2) is 0 Å². The normalized spacial score (nSPS) is 18.4. The van der Waals surface area contributed by atoms with Crippen molar-refractivity contribution in [2.45, 2.75) is 6.92 Å². The second kappa shape index (κ2) is 7.20. The molecule has 2 heterocycles. The quantitative estimate of drug-likeness (QED) is 0.769. The van der Waals surface area contributed by atoms with Crippen LogP contribution >= 0.6 is 0 Å². The molecule has 2 aliphatic heterocycles. The van der Waals surface area contributed by atoms with Crippen molar-refractivity contribution in [3.63, 3.8) is 0 Å². The van der Waals surface area contributed by atoms with E-state index in [0.29, 0.717) is 29.9 Å². The summed E-state index contributed by atoms with van der Waals surface area (Å²) < 4.78 is 13.8. The molecule has 6 heteroatoms. The van der Waals surface area contributed by atoms with Crippen LogP contribution in [0, 0.1) is 12.7 Å². The van der Waals surface area contributed by atoms with Crippen LogP contribution in [-0.4, -0.2) is 54.8 Å². The fraction of sp³-hybridized carbons (Fsp3) is 0.273. The number of hydrogen-bond donors (Lipinski definition) is 0. The number of imide groups is 1. The number of anilines is 1. The highest BCUT2D eigenvalue weighted by Gasteiger charge is 2.42. The third-order valence-corrected chi connectivity index (χ3v) is 5.29. The summed E-state index contributed by atoms with van der Waals surface area (Å²) in [5.41, 5.74) is 2.83. The second-order valence-corrected chi connectivity index (χ2v) is 7.31. The molecule has 5 nitrogen and oxygen atoms in total. The zero-order valence-electron chi connectivity index (χ0n) is 16.0. The minimum Gasteiger partial charge on any atom is -0.364 e. The molecule has 0 aromatic heterocycles. The van der Waals surface area contributed by atoms with Gasteiger partial charge in [-0.05, 0) is 37.7 Å². The number of carbonyl (C=O) groups is 2. The number of rotatable bonds is 3. The van der Waals surface area contributed by atoms with Crippen molar-refractivity contribution in [1.82, 2.24) is 9.80 Å². The first-order valence-corrected chi connectivity index (χ1v) is 9.35. The van der Waals surface area contributed by atoms with E-state index in [1.165, 1.54) is 18.2 Å². The van der Waals surface area contributed by atoms with E-state index in [0.717, 1.165) is 23.6 Å². The lowest BCUT2D eigenvalue weighted by Crippen LogP contribution is -2.46. The summed E-state index contributed by atoms with van der Waals surface area (Å²) in [6.45, 7) is 4.92. The summed E-state index contributed by atoms with van der Waals surface area (Å²) in [5, 5.41) is 0. The number of benzene rings is 2. The third kappa shape index (κ3) is 3.20. The van der Waals surface area contributed by atoms with E-state index in [1.807, 2.05) is 43.1 Å². The molecule has 0 N–H and O–H groups in total. The molecule has 0 atom stereocenters. The predicted octanol–water partition coefficient (Wildman–Crippen LogP) is 2.67. The van der Waals surface area contributed by atoms with Gasteiger partial charge >= 0.3 is 0 Å². The minimum atomic E-state index is -0.483. The van der Waals surface area contributed by atoms with Crippen molar-refractivity contribution >= 4 is 23.1 Å². The first-order chi connectivity index (χ1) is 13.5. The largest absolute Gasteiger partial charge is 0.364 e. The van der Waals surface area contributed by atoms with Gasteiger partial charge in [0.2, 0.25) is 0 Å². The zero-order valence-corrected chi connectivity index (χ0v) is 16.0. The van der Waals surface area contributed by atoms with E-state index in [9.17, 15) is 14.0 Å². The van der Waals surface area contributed by atoms with E-state index in [4.69, 9.17) is 0 Å². The molecule has 2 amide bonds. The van der Waals surface area contributed by atoms with Crippen LogP contribution in [0.25, 0.3) is 5.57 Å². The van der Waals surface area contributed by atoms with Gasteiger partial charge in [-0.3, -0.25) is 9.59 Å². The molecular formula is C22H22FN3O2. The number of aryl methyl sites for hydroxylation is 1. The van der Waals surface area contributed by atoms with Crippen LogP contribution in [-0.2, 0) is 9.59 Å². The van der Waals surface area contributed by atoms with Gasteiger partial charge in [-0.2, -0.15) is 0 Å². The molecular weight excluding hydrogens is 357 g/mol. The van der Waals surface area contributed by atoms with Crippen molar-refractivity contribution in [2.75, 3.05) is 38.1 Å². The lowest BCUT2D eigenvalue weighted by Gasteiger charge is -2.34. The predicted molar refractivity (Wildman–Crippen MR) is 106 cm³/mol. The van der Waals surface area contributed by atoms with Gasteiger partial charge in [0.25, 0.3) is 11.8 Å². The molecule has 0 spiro atoms. The Morgan fingerprint density at radius 2 is 1.57 bits per heavy atom. The van der Waals surface area contributed by atoms with Gasteiger partial charge < -0.3 is 9.80 Å². The Morgan fingerprint density at radius 3 is 2.21 bits per heavy atom. The van der Waals surface area contributed by atoms with Gasteiger partial charge in [0.05, 0.1) is 11.3 Å². The van der Waals surface area contributed by atoms with Crippen LogP contribution in [0.1, 0.15) is 11.1 Å². The molecule has 2 aromatic carbocycles. The molecule has 0 bridgehead atoms. The second-order valence-electron chi connectivity index (χ2n) is 7.31. The Morgan fingerprint density at radius 1 is 0.893 bits per heavy atom. The molecule has 28 heavy (non-hydrogen) atoms. The van der Waals surface area contributed by atoms with E-state index in [-0.39, 0.29) is 5.69 Å². The summed E-state index contributed by atoms with van der Waals surface area (Å²) in [7, 11) is 2.03. The van der Waals surface area contributed by atoms with Crippen LogP contribution in [0.15, 0.2) is 54.2 Å². The van der Waals surface area contributed by atoms with Crippen molar-refractivity contribution in [2.24, 2.45) is 0 Å². The molecule has 0 radical (unpaired) electrons.